The van der Waals surface area contributed by atoms with Crippen molar-refractivity contribution in [3.63, 3.8) is 0 Å². The maximum Gasteiger partial charge on any atom is 0.402 e. The predicted molar refractivity (Wildman–Crippen MR) is 30.4 cm³/mol. The van der Waals surface area contributed by atoms with Gasteiger partial charge in [-0.05, 0) is 6.92 Å². The molecule has 0 aromatic carbocycles. The van der Waals surface area contributed by atoms with E-state index in [0.29, 0.717) is 6.92 Å². The number of sulfone groups is 1. The Morgan fingerprint density at radius 3 is 1.82 bits per heavy atom. The molecule has 0 amide bonds. The van der Waals surface area contributed by atoms with Crippen molar-refractivity contribution in [3.8, 4) is 0 Å². The Morgan fingerprint density at radius 2 is 1.73 bits per heavy atom. The van der Waals surface area contributed by atoms with Crippen molar-refractivity contribution in [1.29, 1.82) is 0 Å². The van der Waals surface area contributed by atoms with Crippen LogP contribution in [0.25, 0.3) is 0 Å². The Kier molecular flexibility index (Phi) is 2.87. The van der Waals surface area contributed by atoms with Gasteiger partial charge in [-0.25, -0.2) is 12.8 Å². The molecule has 0 bridgehead atoms. The molecule has 0 N–H and O–H groups in total. The molecule has 0 spiro atoms. The van der Waals surface area contributed by atoms with E-state index in [1.807, 2.05) is 0 Å². The van der Waals surface area contributed by atoms with Crippen molar-refractivity contribution in [2.45, 2.75) is 18.6 Å². The zero-order valence-electron chi connectivity index (χ0n) is 5.52. The second-order valence-corrected chi connectivity index (χ2v) is 4.23. The highest BCUT2D eigenvalue weighted by Crippen LogP contribution is 2.19. The van der Waals surface area contributed by atoms with Crippen molar-refractivity contribution < 1.29 is 26.0 Å². The molecule has 0 rings (SSSR count). The van der Waals surface area contributed by atoms with E-state index in [2.05, 4.69) is 0 Å². The number of hydrogen-bond donors (Lipinski definition) is 0. The predicted octanol–water partition coefficient (Wildman–Crippen LogP) is 1.28. The molecule has 1 unspecified atom stereocenters. The topological polar surface area (TPSA) is 34.1 Å². The number of rotatable bonds is 2. The first kappa shape index (κ1) is 10.7. The lowest BCUT2D eigenvalue weighted by Crippen LogP contribution is -2.27. The van der Waals surface area contributed by atoms with Crippen molar-refractivity contribution >= 4 is 9.84 Å². The summed E-state index contributed by atoms with van der Waals surface area (Å²) in [6.07, 6.45) is -4.86. The van der Waals surface area contributed by atoms with Gasteiger partial charge in [0.15, 0.2) is 15.3 Å². The highest BCUT2D eigenvalue weighted by molar-refractivity contribution is 7.91. The van der Waals surface area contributed by atoms with Crippen LogP contribution in [0.1, 0.15) is 6.92 Å². The summed E-state index contributed by atoms with van der Waals surface area (Å²) in [7, 11) is -4.65. The summed E-state index contributed by atoms with van der Waals surface area (Å²) < 4.78 is 66.5. The van der Waals surface area contributed by atoms with E-state index in [0.717, 1.165) is 0 Å². The maximum absolute atomic E-state index is 11.9. The smallest absolute Gasteiger partial charge is 0.230 e. The minimum Gasteiger partial charge on any atom is -0.230 e. The first-order valence-electron chi connectivity index (χ1n) is 2.57. The van der Waals surface area contributed by atoms with Crippen LogP contribution in [0.2, 0.25) is 0 Å². The minimum atomic E-state index is -4.86. The van der Waals surface area contributed by atoms with Gasteiger partial charge in [0.05, 0.1) is 0 Å². The highest BCUT2D eigenvalue weighted by Gasteiger charge is 2.37. The molecule has 0 aromatic rings. The lowest BCUT2D eigenvalue weighted by atomic mass is 10.8. The van der Waals surface area contributed by atoms with E-state index >= 15 is 0 Å². The van der Waals surface area contributed by atoms with Crippen molar-refractivity contribution in [2.24, 2.45) is 0 Å². The molecule has 7 heteroatoms. The Hall–Kier alpha value is -0.330. The van der Waals surface area contributed by atoms with Crippen LogP contribution in [-0.2, 0) is 9.84 Å². The van der Waals surface area contributed by atoms with Gasteiger partial charge in [0.25, 0.3) is 0 Å². The molecule has 2 nitrogen and oxygen atoms in total. The molecular formula is C4H6F4O2S. The van der Waals surface area contributed by atoms with E-state index < -0.39 is 27.3 Å². The maximum atomic E-state index is 11.9. The van der Waals surface area contributed by atoms with Gasteiger partial charge in [-0.3, -0.25) is 0 Å². The van der Waals surface area contributed by atoms with Gasteiger partial charge in [-0.2, -0.15) is 13.2 Å². The van der Waals surface area contributed by atoms with Crippen LogP contribution in [0.15, 0.2) is 0 Å². The summed E-state index contributed by atoms with van der Waals surface area (Å²) in [5.74, 6) is -2.10. The first-order valence-corrected chi connectivity index (χ1v) is 4.29. The van der Waals surface area contributed by atoms with Crippen LogP contribution in [0, 0.1) is 0 Å². The molecule has 11 heavy (non-hydrogen) atoms. The zero-order valence-corrected chi connectivity index (χ0v) is 6.34. The molecule has 0 aliphatic heterocycles. The molecule has 0 fully saturated rings. The standard InChI is InChI=1S/C4H6F4O2S/c1-3(5)11(9,10)2-4(6,7)8/h3H,2H2,1H3. The first-order chi connectivity index (χ1) is 4.65. The SMILES string of the molecule is CC(F)S(=O)(=O)CC(F)(F)F. The van der Waals surface area contributed by atoms with E-state index in [-0.39, 0.29) is 0 Å². The summed E-state index contributed by atoms with van der Waals surface area (Å²) in [5, 5.41) is 0. The van der Waals surface area contributed by atoms with Crippen LogP contribution in [0.4, 0.5) is 17.6 Å². The van der Waals surface area contributed by atoms with Crippen molar-refractivity contribution in [3.05, 3.63) is 0 Å². The van der Waals surface area contributed by atoms with Gasteiger partial charge >= 0.3 is 6.18 Å². The third kappa shape index (κ3) is 4.18. The summed E-state index contributed by atoms with van der Waals surface area (Å²) in [6, 6.07) is 0. The summed E-state index contributed by atoms with van der Waals surface area (Å²) in [6.45, 7) is 0.557. The van der Waals surface area contributed by atoms with Crippen LogP contribution in [-0.4, -0.2) is 25.9 Å². The minimum absolute atomic E-state index is 0.557. The summed E-state index contributed by atoms with van der Waals surface area (Å²) in [4.78, 5) is 0. The summed E-state index contributed by atoms with van der Waals surface area (Å²) in [5.41, 5.74) is -2.47. The molecule has 0 aliphatic carbocycles. The number of hydrogen-bond acceptors (Lipinski definition) is 2. The highest BCUT2D eigenvalue weighted by atomic mass is 32.2. The van der Waals surface area contributed by atoms with E-state index in [1.165, 1.54) is 0 Å². The second kappa shape index (κ2) is 2.96. The molecule has 0 aromatic heterocycles. The Morgan fingerprint density at radius 1 is 1.36 bits per heavy atom. The molecule has 1 atom stereocenters. The lowest BCUT2D eigenvalue weighted by Gasteiger charge is -2.07. The summed E-state index contributed by atoms with van der Waals surface area (Å²) >= 11 is 0. The molecule has 0 radical (unpaired) electrons. The van der Waals surface area contributed by atoms with Gasteiger partial charge in [-0.15, -0.1) is 0 Å². The third-order valence-electron chi connectivity index (χ3n) is 0.860. The van der Waals surface area contributed by atoms with Gasteiger partial charge in [0, 0.05) is 0 Å². The van der Waals surface area contributed by atoms with Gasteiger partial charge in [-0.1, -0.05) is 0 Å². The Labute approximate surface area is 61.1 Å². The molecule has 0 saturated carbocycles. The largest absolute Gasteiger partial charge is 0.402 e. The fourth-order valence-electron chi connectivity index (χ4n) is 0.343. The Balaban J connectivity index is 4.40. The van der Waals surface area contributed by atoms with Crippen molar-refractivity contribution in [1.82, 2.24) is 0 Å². The van der Waals surface area contributed by atoms with Crippen molar-refractivity contribution in [2.75, 3.05) is 5.75 Å². The molecule has 68 valence electrons. The quantitative estimate of drug-likeness (QED) is 0.620. The van der Waals surface area contributed by atoms with E-state index in [4.69, 9.17) is 0 Å². The fourth-order valence-corrected chi connectivity index (χ4v) is 1.03. The van der Waals surface area contributed by atoms with Crippen LogP contribution in [0.5, 0.6) is 0 Å². The average Bonchev–Trinajstić information content (AvgIpc) is 1.56. The second-order valence-electron chi connectivity index (χ2n) is 1.97. The Bertz CT molecular complexity index is 215. The van der Waals surface area contributed by atoms with E-state index in [1.54, 1.807) is 0 Å². The molecule has 0 aliphatic rings. The lowest BCUT2D eigenvalue weighted by molar-refractivity contribution is -0.106. The molecule has 0 heterocycles. The fraction of sp³-hybridized carbons (Fsp3) is 1.00. The van der Waals surface area contributed by atoms with Gasteiger partial charge in [0.1, 0.15) is 5.75 Å². The molecular weight excluding hydrogens is 188 g/mol. The van der Waals surface area contributed by atoms with Crippen LogP contribution in [0.3, 0.4) is 0 Å². The number of alkyl halides is 4. The monoisotopic (exact) mass is 194 g/mol. The van der Waals surface area contributed by atoms with E-state index in [9.17, 15) is 26.0 Å². The van der Waals surface area contributed by atoms with Gasteiger partial charge in [0.2, 0.25) is 0 Å². The zero-order chi connectivity index (χ0) is 9.28. The molecule has 0 saturated heterocycles. The number of halogens is 4. The average molecular weight is 194 g/mol. The third-order valence-corrected chi connectivity index (χ3v) is 2.58. The van der Waals surface area contributed by atoms with Crippen LogP contribution >= 0.6 is 0 Å². The van der Waals surface area contributed by atoms with Crippen LogP contribution < -0.4 is 0 Å². The van der Waals surface area contributed by atoms with Gasteiger partial charge < -0.3 is 0 Å². The normalized spacial score (nSPS) is 16.5.